The quantitative estimate of drug-likeness (QED) is 0.799. The van der Waals surface area contributed by atoms with Crippen molar-refractivity contribution < 1.29 is 4.74 Å². The lowest BCUT2D eigenvalue weighted by atomic mass is 9.82. The van der Waals surface area contributed by atoms with E-state index in [9.17, 15) is 0 Å². The first-order valence-corrected chi connectivity index (χ1v) is 6.86. The van der Waals surface area contributed by atoms with Crippen LogP contribution in [-0.4, -0.2) is 48.8 Å². The normalized spacial score (nSPS) is 31.1. The average molecular weight is 242 g/mol. The van der Waals surface area contributed by atoms with Crippen LogP contribution in [0, 0.1) is 5.92 Å². The van der Waals surface area contributed by atoms with Gasteiger partial charge >= 0.3 is 0 Å². The van der Waals surface area contributed by atoms with Crippen molar-refractivity contribution in [2.75, 3.05) is 26.7 Å². The molecule has 1 aliphatic heterocycles. The minimum Gasteiger partial charge on any atom is -0.368 e. The number of hydrogen-bond donors (Lipinski definition) is 1. The van der Waals surface area contributed by atoms with Crippen molar-refractivity contribution in [1.82, 2.24) is 10.2 Å². The zero-order valence-corrected chi connectivity index (χ0v) is 12.6. The lowest BCUT2D eigenvalue weighted by molar-refractivity contribution is -0.0791. The predicted octanol–water partition coefficient (Wildman–Crippen LogP) is 2.12. The van der Waals surface area contributed by atoms with E-state index < -0.39 is 0 Å². The molecule has 1 N–H and O–H groups in total. The molecular weight excluding hydrogens is 212 g/mol. The molecule has 0 spiro atoms. The van der Waals surface area contributed by atoms with Crippen LogP contribution in [-0.2, 0) is 4.74 Å². The summed E-state index contributed by atoms with van der Waals surface area (Å²) in [5, 5.41) is 3.62. The Labute approximate surface area is 107 Å². The van der Waals surface area contributed by atoms with Crippen molar-refractivity contribution >= 4 is 0 Å². The first-order chi connectivity index (χ1) is 7.74. The minimum atomic E-state index is -0.0846. The molecule has 0 radical (unpaired) electrons. The maximum Gasteiger partial charge on any atom is 0.0790 e. The highest BCUT2D eigenvalue weighted by Crippen LogP contribution is 2.42. The van der Waals surface area contributed by atoms with Gasteiger partial charge in [-0.2, -0.15) is 0 Å². The highest BCUT2D eigenvalue weighted by Gasteiger charge is 2.53. The molecule has 1 saturated heterocycles. The molecule has 102 valence electrons. The van der Waals surface area contributed by atoms with Crippen LogP contribution in [0.15, 0.2) is 0 Å². The van der Waals surface area contributed by atoms with Crippen LogP contribution in [0.1, 0.15) is 41.5 Å². The van der Waals surface area contributed by atoms with Gasteiger partial charge < -0.3 is 15.0 Å². The van der Waals surface area contributed by atoms with Gasteiger partial charge in [0.15, 0.2) is 0 Å². The van der Waals surface area contributed by atoms with Crippen molar-refractivity contribution in [2.24, 2.45) is 5.92 Å². The van der Waals surface area contributed by atoms with Gasteiger partial charge in [0.05, 0.1) is 11.2 Å². The molecule has 0 amide bonds. The van der Waals surface area contributed by atoms with Gasteiger partial charge in [0.2, 0.25) is 0 Å². The van der Waals surface area contributed by atoms with Gasteiger partial charge in [0, 0.05) is 18.5 Å². The largest absolute Gasteiger partial charge is 0.368 e. The fourth-order valence-corrected chi connectivity index (χ4v) is 3.10. The van der Waals surface area contributed by atoms with Gasteiger partial charge in [0.1, 0.15) is 0 Å². The summed E-state index contributed by atoms with van der Waals surface area (Å²) in [7, 11) is 2.18. The van der Waals surface area contributed by atoms with Gasteiger partial charge in [-0.1, -0.05) is 13.8 Å². The van der Waals surface area contributed by atoms with E-state index in [1.165, 1.54) is 0 Å². The summed E-state index contributed by atoms with van der Waals surface area (Å²) in [6.07, 6.45) is 0. The van der Waals surface area contributed by atoms with Gasteiger partial charge in [0.25, 0.3) is 0 Å². The Morgan fingerprint density at radius 1 is 1.12 bits per heavy atom. The molecule has 0 aromatic carbocycles. The minimum absolute atomic E-state index is 0.0558. The van der Waals surface area contributed by atoms with Crippen LogP contribution >= 0.6 is 0 Å². The van der Waals surface area contributed by atoms with E-state index in [2.05, 4.69) is 58.8 Å². The third-order valence-electron chi connectivity index (χ3n) is 4.04. The molecule has 2 unspecified atom stereocenters. The summed E-state index contributed by atoms with van der Waals surface area (Å²) < 4.78 is 6.27. The molecule has 0 bridgehead atoms. The first-order valence-electron chi connectivity index (χ1n) is 6.86. The SMILES string of the molecule is CCNC1C(CN(C)CC)C(C)(C)OC1(C)C. The van der Waals surface area contributed by atoms with Crippen molar-refractivity contribution in [2.45, 2.75) is 58.8 Å². The van der Waals surface area contributed by atoms with Crippen LogP contribution in [0.4, 0.5) is 0 Å². The lowest BCUT2D eigenvalue weighted by Crippen LogP contribution is -2.50. The van der Waals surface area contributed by atoms with Crippen molar-refractivity contribution in [3.8, 4) is 0 Å². The second kappa shape index (κ2) is 5.25. The monoisotopic (exact) mass is 242 g/mol. The zero-order chi connectivity index (χ0) is 13.3. The number of hydrogen-bond acceptors (Lipinski definition) is 3. The molecule has 0 aromatic rings. The summed E-state index contributed by atoms with van der Waals surface area (Å²) in [6, 6.07) is 0.427. The lowest BCUT2D eigenvalue weighted by Gasteiger charge is -2.32. The molecule has 0 saturated carbocycles. The first kappa shape index (κ1) is 14.9. The Bertz CT molecular complexity index is 251. The smallest absolute Gasteiger partial charge is 0.0790 e. The van der Waals surface area contributed by atoms with Crippen LogP contribution in [0.2, 0.25) is 0 Å². The van der Waals surface area contributed by atoms with E-state index in [4.69, 9.17) is 4.74 Å². The molecule has 17 heavy (non-hydrogen) atoms. The second-order valence-electron chi connectivity index (χ2n) is 6.31. The van der Waals surface area contributed by atoms with Gasteiger partial charge in [-0.05, 0) is 47.8 Å². The van der Waals surface area contributed by atoms with Gasteiger partial charge in [-0.15, -0.1) is 0 Å². The number of nitrogens with zero attached hydrogens (tertiary/aromatic N) is 1. The molecule has 3 nitrogen and oxygen atoms in total. The van der Waals surface area contributed by atoms with Crippen LogP contribution in [0.3, 0.4) is 0 Å². The summed E-state index contributed by atoms with van der Waals surface area (Å²) in [6.45, 7) is 16.4. The Hall–Kier alpha value is -0.120. The summed E-state index contributed by atoms with van der Waals surface area (Å²) in [4.78, 5) is 2.38. The fourth-order valence-electron chi connectivity index (χ4n) is 3.10. The molecule has 0 aliphatic carbocycles. The standard InChI is InChI=1S/C14H30N2O/c1-8-15-12-11(10-16(7)9-2)13(3,4)17-14(12,5)6/h11-12,15H,8-10H2,1-7H3. The molecule has 1 aliphatic rings. The molecule has 2 atom stereocenters. The van der Waals surface area contributed by atoms with E-state index in [1.54, 1.807) is 0 Å². The third kappa shape index (κ3) is 3.21. The van der Waals surface area contributed by atoms with E-state index in [0.717, 1.165) is 19.6 Å². The van der Waals surface area contributed by atoms with Gasteiger partial charge in [-0.25, -0.2) is 0 Å². The molecule has 1 heterocycles. The Kier molecular flexibility index (Phi) is 4.61. The molecule has 0 aromatic heterocycles. The Morgan fingerprint density at radius 3 is 2.18 bits per heavy atom. The second-order valence-corrected chi connectivity index (χ2v) is 6.31. The molecule has 1 fully saturated rings. The number of likely N-dealkylation sites (N-methyl/N-ethyl adjacent to an activating group) is 1. The van der Waals surface area contributed by atoms with Crippen LogP contribution in [0.5, 0.6) is 0 Å². The summed E-state index contributed by atoms with van der Waals surface area (Å²) in [5.74, 6) is 0.530. The third-order valence-corrected chi connectivity index (χ3v) is 4.04. The highest BCUT2D eigenvalue weighted by atomic mass is 16.5. The number of nitrogens with one attached hydrogen (secondary N) is 1. The van der Waals surface area contributed by atoms with Crippen LogP contribution in [0.25, 0.3) is 0 Å². The maximum atomic E-state index is 6.27. The average Bonchev–Trinajstić information content (AvgIpc) is 2.36. The predicted molar refractivity (Wildman–Crippen MR) is 73.4 cm³/mol. The van der Waals surface area contributed by atoms with Crippen molar-refractivity contribution in [3.05, 3.63) is 0 Å². The van der Waals surface area contributed by atoms with Crippen molar-refractivity contribution in [1.29, 1.82) is 0 Å². The van der Waals surface area contributed by atoms with Crippen molar-refractivity contribution in [3.63, 3.8) is 0 Å². The number of rotatable bonds is 5. The van der Waals surface area contributed by atoms with E-state index in [0.29, 0.717) is 12.0 Å². The Morgan fingerprint density at radius 2 is 1.71 bits per heavy atom. The number of ether oxygens (including phenoxy) is 1. The Balaban J connectivity index is 2.87. The fraction of sp³-hybridized carbons (Fsp3) is 1.00. The van der Waals surface area contributed by atoms with E-state index >= 15 is 0 Å². The topological polar surface area (TPSA) is 24.5 Å². The van der Waals surface area contributed by atoms with Crippen LogP contribution < -0.4 is 5.32 Å². The maximum absolute atomic E-state index is 6.27. The molecular formula is C14H30N2O. The summed E-state index contributed by atoms with van der Waals surface area (Å²) >= 11 is 0. The zero-order valence-electron chi connectivity index (χ0n) is 12.6. The highest BCUT2D eigenvalue weighted by molar-refractivity contribution is 5.05. The molecule has 1 rings (SSSR count). The summed E-state index contributed by atoms with van der Waals surface area (Å²) in [5.41, 5.74) is -0.140. The van der Waals surface area contributed by atoms with E-state index in [1.807, 2.05) is 0 Å². The van der Waals surface area contributed by atoms with Gasteiger partial charge in [-0.3, -0.25) is 0 Å². The van der Waals surface area contributed by atoms with E-state index in [-0.39, 0.29) is 11.2 Å². The molecule has 3 heteroatoms.